The first-order valence-corrected chi connectivity index (χ1v) is 8.78. The molecule has 0 heterocycles. The van der Waals surface area contributed by atoms with E-state index in [9.17, 15) is 18.0 Å². The average molecular weight is 378 g/mol. The maximum absolute atomic E-state index is 14.0. The Labute approximate surface area is 156 Å². The minimum absolute atomic E-state index is 0.264. The highest BCUT2D eigenvalue weighted by Gasteiger charge is 2.64. The Balaban J connectivity index is 1.99. The second-order valence-electron chi connectivity index (χ2n) is 6.75. The second-order valence-corrected chi connectivity index (χ2v) is 6.75. The highest BCUT2D eigenvalue weighted by atomic mass is 19.4. The van der Waals surface area contributed by atoms with Gasteiger partial charge in [-0.3, -0.25) is 0 Å². The molecule has 0 unspecified atom stereocenters. The van der Waals surface area contributed by atoms with Crippen LogP contribution in [0.15, 0.2) is 54.6 Å². The first-order valence-electron chi connectivity index (χ1n) is 8.78. The summed E-state index contributed by atoms with van der Waals surface area (Å²) in [4.78, 5) is 12.8. The van der Waals surface area contributed by atoms with Crippen LogP contribution < -0.4 is 0 Å². The lowest BCUT2D eigenvalue weighted by atomic mass is 9.82. The van der Waals surface area contributed by atoms with Crippen molar-refractivity contribution in [1.29, 1.82) is 0 Å². The monoisotopic (exact) mass is 378 g/mol. The third-order valence-electron chi connectivity index (χ3n) is 5.16. The Bertz CT molecular complexity index is 804. The summed E-state index contributed by atoms with van der Waals surface area (Å²) in [6.07, 6.45) is -4.50. The molecule has 0 bridgehead atoms. The Hall–Kier alpha value is -2.34. The van der Waals surface area contributed by atoms with Crippen LogP contribution in [0.1, 0.15) is 48.5 Å². The molecule has 0 radical (unpaired) electrons. The lowest BCUT2D eigenvalue weighted by Crippen LogP contribution is -2.52. The molecule has 0 fully saturated rings. The van der Waals surface area contributed by atoms with Crippen molar-refractivity contribution >= 4 is 5.97 Å². The van der Waals surface area contributed by atoms with Crippen LogP contribution in [0.25, 0.3) is 0 Å². The molecular formula is C21H21F3O3. The van der Waals surface area contributed by atoms with Crippen molar-refractivity contribution in [2.24, 2.45) is 0 Å². The molecule has 0 saturated heterocycles. The quantitative estimate of drug-likeness (QED) is 0.680. The van der Waals surface area contributed by atoms with Gasteiger partial charge >= 0.3 is 12.1 Å². The number of esters is 1. The molecule has 144 valence electrons. The number of ether oxygens (including phenoxy) is 2. The molecule has 1 aliphatic carbocycles. The zero-order valence-electron chi connectivity index (χ0n) is 15.1. The van der Waals surface area contributed by atoms with Crippen molar-refractivity contribution in [2.75, 3.05) is 7.11 Å². The van der Waals surface area contributed by atoms with Crippen LogP contribution >= 0.6 is 0 Å². The number of hydrogen-bond acceptors (Lipinski definition) is 3. The Morgan fingerprint density at radius 2 is 1.56 bits per heavy atom. The SMILES string of the molecule is CO[C@@](C(=O)O[C@H]1CC[C@H](C)c2ccccc21)(c1ccccc1)C(F)(F)F. The molecule has 0 N–H and O–H groups in total. The Kier molecular flexibility index (Phi) is 5.29. The molecule has 27 heavy (non-hydrogen) atoms. The first-order chi connectivity index (χ1) is 12.8. The van der Waals surface area contributed by atoms with Gasteiger partial charge in [-0.25, -0.2) is 4.79 Å². The minimum Gasteiger partial charge on any atom is -0.455 e. The number of rotatable bonds is 4. The van der Waals surface area contributed by atoms with E-state index in [0.29, 0.717) is 6.42 Å². The molecule has 0 spiro atoms. The fourth-order valence-electron chi connectivity index (χ4n) is 3.69. The fourth-order valence-corrected chi connectivity index (χ4v) is 3.69. The number of hydrogen-bond donors (Lipinski definition) is 0. The van der Waals surface area contributed by atoms with E-state index >= 15 is 0 Å². The first kappa shape index (κ1) is 19.4. The van der Waals surface area contributed by atoms with E-state index in [0.717, 1.165) is 24.7 Å². The highest BCUT2D eigenvalue weighted by molar-refractivity contribution is 5.83. The number of benzene rings is 2. The second kappa shape index (κ2) is 7.35. The third kappa shape index (κ3) is 3.34. The predicted octanol–water partition coefficient (Wildman–Crippen LogP) is 5.27. The van der Waals surface area contributed by atoms with Crippen LogP contribution in [0, 0.1) is 0 Å². The van der Waals surface area contributed by atoms with Crippen molar-refractivity contribution < 1.29 is 27.4 Å². The normalized spacial score (nSPS) is 21.8. The number of halogens is 3. The lowest BCUT2D eigenvalue weighted by molar-refractivity contribution is -0.278. The number of carbonyl (C=O) groups excluding carboxylic acids is 1. The molecule has 2 aromatic carbocycles. The lowest BCUT2D eigenvalue weighted by Gasteiger charge is -2.35. The summed E-state index contributed by atoms with van der Waals surface area (Å²) in [6.45, 7) is 2.05. The topological polar surface area (TPSA) is 35.5 Å². The van der Waals surface area contributed by atoms with Gasteiger partial charge in [0.15, 0.2) is 0 Å². The maximum Gasteiger partial charge on any atom is 0.432 e. The molecule has 1 aliphatic rings. The van der Waals surface area contributed by atoms with Gasteiger partial charge in [-0.05, 0) is 29.9 Å². The molecule has 3 atom stereocenters. The molecule has 0 amide bonds. The summed E-state index contributed by atoms with van der Waals surface area (Å²) in [5.74, 6) is -1.18. The van der Waals surface area contributed by atoms with E-state index in [1.807, 2.05) is 12.1 Å². The summed E-state index contributed by atoms with van der Waals surface area (Å²) in [5, 5.41) is 0. The van der Waals surface area contributed by atoms with Gasteiger partial charge in [0.2, 0.25) is 0 Å². The number of alkyl halides is 3. The van der Waals surface area contributed by atoms with Gasteiger partial charge in [-0.1, -0.05) is 61.5 Å². The zero-order chi connectivity index (χ0) is 19.7. The standard InChI is InChI=1S/C21H21F3O3/c1-14-12-13-18(17-11-7-6-10-16(14)17)27-19(25)20(26-2,21(22,23)24)15-8-4-3-5-9-15/h3-11,14,18H,12-13H2,1-2H3/t14-,18-,20+/m0/s1. The van der Waals surface area contributed by atoms with Gasteiger partial charge in [0.25, 0.3) is 5.60 Å². The van der Waals surface area contributed by atoms with Crippen LogP contribution in [0.3, 0.4) is 0 Å². The molecule has 0 saturated carbocycles. The number of methoxy groups -OCH3 is 1. The van der Waals surface area contributed by atoms with Gasteiger partial charge in [0.05, 0.1) is 0 Å². The van der Waals surface area contributed by atoms with E-state index in [1.54, 1.807) is 18.2 Å². The molecule has 3 nitrogen and oxygen atoms in total. The smallest absolute Gasteiger partial charge is 0.432 e. The van der Waals surface area contributed by atoms with Gasteiger partial charge in [0.1, 0.15) is 6.10 Å². The largest absolute Gasteiger partial charge is 0.455 e. The number of carbonyl (C=O) groups is 1. The summed E-state index contributed by atoms with van der Waals surface area (Å²) in [6, 6.07) is 14.3. The van der Waals surface area contributed by atoms with E-state index < -0.39 is 23.9 Å². The van der Waals surface area contributed by atoms with Crippen molar-refractivity contribution in [3.8, 4) is 0 Å². The highest BCUT2D eigenvalue weighted by Crippen LogP contribution is 2.46. The van der Waals surface area contributed by atoms with Gasteiger partial charge in [0, 0.05) is 12.7 Å². The van der Waals surface area contributed by atoms with Crippen molar-refractivity contribution in [2.45, 2.75) is 43.6 Å². The van der Waals surface area contributed by atoms with Gasteiger partial charge < -0.3 is 9.47 Å². The van der Waals surface area contributed by atoms with E-state index in [1.165, 1.54) is 24.3 Å². The van der Waals surface area contributed by atoms with Crippen LogP contribution in [-0.2, 0) is 19.9 Å². The Morgan fingerprint density at radius 1 is 0.963 bits per heavy atom. The summed E-state index contributed by atoms with van der Waals surface area (Å²) < 4.78 is 52.2. The molecular weight excluding hydrogens is 357 g/mol. The molecule has 0 aromatic heterocycles. The van der Waals surface area contributed by atoms with Crippen LogP contribution in [0.2, 0.25) is 0 Å². The summed E-state index contributed by atoms with van der Waals surface area (Å²) in [5.41, 5.74) is -1.71. The van der Waals surface area contributed by atoms with Gasteiger partial charge in [-0.2, -0.15) is 13.2 Å². The Morgan fingerprint density at radius 3 is 2.15 bits per heavy atom. The molecule has 0 aliphatic heterocycles. The molecule has 2 aromatic rings. The average Bonchev–Trinajstić information content (AvgIpc) is 2.65. The van der Waals surface area contributed by atoms with E-state index in [4.69, 9.17) is 9.47 Å². The number of fused-ring (bicyclic) bond motifs is 1. The van der Waals surface area contributed by atoms with Gasteiger partial charge in [-0.15, -0.1) is 0 Å². The zero-order valence-corrected chi connectivity index (χ0v) is 15.1. The maximum atomic E-state index is 14.0. The minimum atomic E-state index is -4.97. The summed E-state index contributed by atoms with van der Waals surface area (Å²) >= 11 is 0. The fraction of sp³-hybridized carbons (Fsp3) is 0.381. The predicted molar refractivity (Wildman–Crippen MR) is 94.1 cm³/mol. The van der Waals surface area contributed by atoms with Crippen LogP contribution in [-0.4, -0.2) is 19.3 Å². The molecule has 3 rings (SSSR count). The van der Waals surface area contributed by atoms with Crippen molar-refractivity contribution in [3.05, 3.63) is 71.3 Å². The van der Waals surface area contributed by atoms with Crippen molar-refractivity contribution in [3.63, 3.8) is 0 Å². The third-order valence-corrected chi connectivity index (χ3v) is 5.16. The summed E-state index contributed by atoms with van der Waals surface area (Å²) in [7, 11) is 0.874. The van der Waals surface area contributed by atoms with Crippen LogP contribution in [0.5, 0.6) is 0 Å². The molecule has 6 heteroatoms. The van der Waals surface area contributed by atoms with E-state index in [-0.39, 0.29) is 11.5 Å². The van der Waals surface area contributed by atoms with Crippen molar-refractivity contribution in [1.82, 2.24) is 0 Å². The van der Waals surface area contributed by atoms with E-state index in [2.05, 4.69) is 6.92 Å². The van der Waals surface area contributed by atoms with Crippen LogP contribution in [0.4, 0.5) is 13.2 Å².